The predicted molar refractivity (Wildman–Crippen MR) is 90.8 cm³/mol. The molecule has 1 nitrogen and oxygen atoms in total. The average Bonchev–Trinajstić information content (AvgIpc) is 2.51. The van der Waals surface area contributed by atoms with E-state index in [4.69, 9.17) is 23.4 Å². The van der Waals surface area contributed by atoms with Crippen molar-refractivity contribution in [1.29, 1.82) is 0 Å². The molecule has 1 aliphatic heterocycles. The summed E-state index contributed by atoms with van der Waals surface area (Å²) in [5, 5.41) is 0. The minimum Gasteiger partial charge on any atom is -0.378 e. The van der Waals surface area contributed by atoms with Gasteiger partial charge in [-0.2, -0.15) is 0 Å². The molecule has 2 unspecified atom stereocenters. The lowest BCUT2D eigenvalue weighted by atomic mass is 9.62. The zero-order valence-electron chi connectivity index (χ0n) is 12.8. The van der Waals surface area contributed by atoms with Crippen LogP contribution in [-0.2, 0) is 10.2 Å². The van der Waals surface area contributed by atoms with E-state index in [1.807, 2.05) is 6.07 Å². The Morgan fingerprint density at radius 3 is 2.81 bits per heavy atom. The van der Waals surface area contributed by atoms with E-state index in [-0.39, 0.29) is 5.41 Å². The third kappa shape index (κ3) is 2.54. The summed E-state index contributed by atoms with van der Waals surface area (Å²) < 4.78 is 6.07. The second-order valence-corrected chi connectivity index (χ2v) is 7.26. The highest BCUT2D eigenvalue weighted by atomic mass is 32.1. The molecule has 0 amide bonds. The van der Waals surface area contributed by atoms with Crippen molar-refractivity contribution in [3.63, 3.8) is 0 Å². The molecule has 2 atom stereocenters. The van der Waals surface area contributed by atoms with Crippen LogP contribution in [0.2, 0.25) is 0 Å². The van der Waals surface area contributed by atoms with E-state index < -0.39 is 0 Å². The Hall–Kier alpha value is -1.17. The molecule has 1 aromatic rings. The molecule has 110 valence electrons. The Kier molecular flexibility index (Phi) is 3.90. The molecule has 0 aromatic heterocycles. The molecule has 3 rings (SSSR count). The fourth-order valence-electron chi connectivity index (χ4n) is 3.87. The molecule has 2 heteroatoms. The van der Waals surface area contributed by atoms with Crippen LogP contribution in [0.1, 0.15) is 56.2 Å². The van der Waals surface area contributed by atoms with Gasteiger partial charge in [0.05, 0.1) is 6.10 Å². The lowest BCUT2D eigenvalue weighted by Crippen LogP contribution is -2.45. The summed E-state index contributed by atoms with van der Waals surface area (Å²) in [6, 6.07) is 6.29. The summed E-state index contributed by atoms with van der Waals surface area (Å²) in [5.74, 6) is 3.18. The van der Waals surface area contributed by atoms with Crippen molar-refractivity contribution in [1.82, 2.24) is 0 Å². The van der Waals surface area contributed by atoms with Crippen molar-refractivity contribution < 1.29 is 4.74 Å². The summed E-state index contributed by atoms with van der Waals surface area (Å²) in [6.45, 7) is 5.55. The van der Waals surface area contributed by atoms with Crippen LogP contribution in [0, 0.1) is 18.3 Å². The molecule has 0 spiro atoms. The van der Waals surface area contributed by atoms with E-state index in [0.29, 0.717) is 12.0 Å². The Morgan fingerprint density at radius 1 is 1.33 bits per heavy atom. The van der Waals surface area contributed by atoms with Gasteiger partial charge in [-0.05, 0) is 60.3 Å². The van der Waals surface area contributed by atoms with Gasteiger partial charge in [0, 0.05) is 17.0 Å². The molecule has 0 radical (unpaired) electrons. The fraction of sp³-hybridized carbons (Fsp3) is 0.526. The maximum Gasteiger partial charge on any atom is 0.0615 e. The number of ether oxygens (including phenoxy) is 1. The van der Waals surface area contributed by atoms with Crippen LogP contribution < -0.4 is 0 Å². The van der Waals surface area contributed by atoms with Gasteiger partial charge in [0.2, 0.25) is 0 Å². The van der Waals surface area contributed by atoms with Crippen LogP contribution in [0.15, 0.2) is 18.2 Å². The Balaban J connectivity index is 2.01. The Bertz CT molecular complexity index is 602. The summed E-state index contributed by atoms with van der Waals surface area (Å²) in [7, 11) is 0. The summed E-state index contributed by atoms with van der Waals surface area (Å²) in [5.41, 5.74) is 3.50. The molecule has 21 heavy (non-hydrogen) atoms. The highest BCUT2D eigenvalue weighted by Gasteiger charge is 2.43. The molecule has 1 heterocycles. The van der Waals surface area contributed by atoms with E-state index in [1.165, 1.54) is 24.0 Å². The van der Waals surface area contributed by atoms with Gasteiger partial charge in [-0.3, -0.25) is 0 Å². The van der Waals surface area contributed by atoms with Crippen LogP contribution in [-0.4, -0.2) is 17.6 Å². The second-order valence-electron chi connectivity index (χ2n) is 6.77. The Labute approximate surface area is 133 Å². The molecule has 0 N–H and O–H groups in total. The summed E-state index contributed by atoms with van der Waals surface area (Å²) >= 11 is 5.69. The molecule has 0 saturated carbocycles. The third-order valence-corrected chi connectivity index (χ3v) is 5.56. The number of fused-ring (bicyclic) bond motifs is 1. The molecular weight excluding hydrogens is 276 g/mol. The highest BCUT2D eigenvalue weighted by Crippen LogP contribution is 2.45. The van der Waals surface area contributed by atoms with E-state index in [0.717, 1.165) is 29.9 Å². The molecule has 1 saturated heterocycles. The van der Waals surface area contributed by atoms with Crippen LogP contribution in [0.3, 0.4) is 0 Å². The van der Waals surface area contributed by atoms with Crippen molar-refractivity contribution in [3.05, 3.63) is 34.9 Å². The van der Waals surface area contributed by atoms with Crippen molar-refractivity contribution in [3.8, 4) is 12.3 Å². The van der Waals surface area contributed by atoms with Crippen molar-refractivity contribution in [2.24, 2.45) is 5.92 Å². The first-order valence-electron chi connectivity index (χ1n) is 7.80. The molecular formula is C19H22OS. The second kappa shape index (κ2) is 5.55. The molecule has 2 aliphatic rings. The topological polar surface area (TPSA) is 9.23 Å². The first-order valence-corrected chi connectivity index (χ1v) is 8.21. The smallest absolute Gasteiger partial charge is 0.0615 e. The Morgan fingerprint density at radius 2 is 2.14 bits per heavy atom. The first kappa shape index (κ1) is 14.8. The minimum absolute atomic E-state index is 0.0762. The van der Waals surface area contributed by atoms with Gasteiger partial charge >= 0.3 is 0 Å². The molecule has 1 aromatic carbocycles. The quantitative estimate of drug-likeness (QED) is 0.566. The van der Waals surface area contributed by atoms with Crippen molar-refractivity contribution >= 4 is 17.1 Å². The SMILES string of the molecule is C#Cc1ccc2c(c1)C(=S)CC(C1CCCCO1)C2(C)C. The van der Waals surface area contributed by atoms with E-state index >= 15 is 0 Å². The van der Waals surface area contributed by atoms with E-state index in [9.17, 15) is 0 Å². The maximum absolute atomic E-state index is 6.07. The standard InChI is InChI=1S/C19H22OS/c1-4-13-8-9-15-14(11-13)18(21)12-16(19(15,2)3)17-7-5-6-10-20-17/h1,8-9,11,16-17H,5-7,10,12H2,2-3H3. The highest BCUT2D eigenvalue weighted by molar-refractivity contribution is 7.80. The number of hydrogen-bond acceptors (Lipinski definition) is 2. The van der Waals surface area contributed by atoms with Gasteiger partial charge < -0.3 is 4.74 Å². The van der Waals surface area contributed by atoms with Gasteiger partial charge in [-0.25, -0.2) is 0 Å². The van der Waals surface area contributed by atoms with Gasteiger partial charge in [-0.15, -0.1) is 6.42 Å². The van der Waals surface area contributed by atoms with Crippen LogP contribution in [0.5, 0.6) is 0 Å². The molecule has 0 bridgehead atoms. The van der Waals surface area contributed by atoms with E-state index in [2.05, 4.69) is 31.9 Å². The third-order valence-electron chi connectivity index (χ3n) is 5.18. The first-order chi connectivity index (χ1) is 10.0. The minimum atomic E-state index is 0.0762. The molecule has 1 aliphatic carbocycles. The van der Waals surface area contributed by atoms with Crippen LogP contribution in [0.25, 0.3) is 0 Å². The zero-order chi connectivity index (χ0) is 15.0. The number of rotatable bonds is 1. The largest absolute Gasteiger partial charge is 0.378 e. The molecule has 1 fully saturated rings. The number of thiocarbonyl (C=S) groups is 1. The van der Waals surface area contributed by atoms with Gasteiger partial charge in [0.25, 0.3) is 0 Å². The van der Waals surface area contributed by atoms with Gasteiger partial charge in [0.1, 0.15) is 0 Å². The summed E-state index contributed by atoms with van der Waals surface area (Å²) in [4.78, 5) is 1.04. The van der Waals surface area contributed by atoms with Crippen molar-refractivity contribution in [2.75, 3.05) is 6.61 Å². The number of benzene rings is 1. The fourth-order valence-corrected chi connectivity index (χ4v) is 4.22. The lowest BCUT2D eigenvalue weighted by Gasteiger charge is -2.45. The lowest BCUT2D eigenvalue weighted by molar-refractivity contribution is -0.0387. The van der Waals surface area contributed by atoms with Crippen LogP contribution in [0.4, 0.5) is 0 Å². The predicted octanol–water partition coefficient (Wildman–Crippen LogP) is 4.25. The number of terminal acetylenes is 1. The number of hydrogen-bond donors (Lipinski definition) is 0. The van der Waals surface area contributed by atoms with E-state index in [1.54, 1.807) is 0 Å². The maximum atomic E-state index is 6.07. The zero-order valence-corrected chi connectivity index (χ0v) is 13.6. The van der Waals surface area contributed by atoms with Gasteiger partial charge in [0.15, 0.2) is 0 Å². The van der Waals surface area contributed by atoms with Crippen molar-refractivity contribution in [2.45, 2.75) is 51.0 Å². The monoisotopic (exact) mass is 298 g/mol. The van der Waals surface area contributed by atoms with Crippen LogP contribution >= 0.6 is 12.2 Å². The van der Waals surface area contributed by atoms with Gasteiger partial charge in [-0.1, -0.05) is 38.1 Å². The normalized spacial score (nSPS) is 27.8. The average molecular weight is 298 g/mol. The summed E-state index contributed by atoms with van der Waals surface area (Å²) in [6.07, 6.45) is 10.4.